The Hall–Kier alpha value is -2.20. The lowest BCUT2D eigenvalue weighted by Gasteiger charge is -2.19. The van der Waals surface area contributed by atoms with Crippen LogP contribution < -0.4 is 16.4 Å². The molecule has 1 fully saturated rings. The van der Waals surface area contributed by atoms with Crippen LogP contribution in [-0.4, -0.2) is 63.1 Å². The number of nitrogens with one attached hydrogen (secondary N) is 2. The van der Waals surface area contributed by atoms with Gasteiger partial charge in [-0.1, -0.05) is 26.7 Å². The molecule has 0 aliphatic carbocycles. The molecule has 3 amide bonds. The van der Waals surface area contributed by atoms with Gasteiger partial charge in [0.2, 0.25) is 23.7 Å². The van der Waals surface area contributed by atoms with Crippen LogP contribution in [0.3, 0.4) is 0 Å². The number of amides is 3. The van der Waals surface area contributed by atoms with Gasteiger partial charge in [-0.3, -0.25) is 19.7 Å². The minimum Gasteiger partial charge on any atom is -0.346 e. The quantitative estimate of drug-likeness (QED) is 0.579. The summed E-state index contributed by atoms with van der Waals surface area (Å²) in [6.07, 6.45) is 5.76. The van der Waals surface area contributed by atoms with E-state index in [1.807, 2.05) is 18.7 Å². The van der Waals surface area contributed by atoms with Crippen molar-refractivity contribution in [1.29, 1.82) is 0 Å². The van der Waals surface area contributed by atoms with Crippen LogP contribution in [0.5, 0.6) is 0 Å². The third-order valence-electron chi connectivity index (χ3n) is 4.49. The summed E-state index contributed by atoms with van der Waals surface area (Å²) in [5.74, 6) is -0.787. The highest BCUT2D eigenvalue weighted by Gasteiger charge is 2.19. The number of rotatable bonds is 7. The molecule has 158 valence electrons. The molecule has 0 spiro atoms. The van der Waals surface area contributed by atoms with E-state index in [4.69, 9.17) is 5.73 Å². The number of carbonyl (C=O) groups excluding carboxylic acids is 3. The van der Waals surface area contributed by atoms with Crippen molar-refractivity contribution in [3.05, 3.63) is 6.33 Å². The first kappa shape index (κ1) is 23.8. The number of halogens is 1. The average Bonchev–Trinajstić information content (AvgIpc) is 2.89. The highest BCUT2D eigenvalue weighted by atomic mass is 35.5. The number of nitrogens with zero attached hydrogens (tertiary/aromatic N) is 4. The van der Waals surface area contributed by atoms with Crippen LogP contribution in [0.2, 0.25) is 0 Å². The van der Waals surface area contributed by atoms with Gasteiger partial charge in [0.05, 0.1) is 12.6 Å². The number of aromatic nitrogens is 3. The van der Waals surface area contributed by atoms with Gasteiger partial charge in [-0.2, -0.15) is 0 Å². The van der Waals surface area contributed by atoms with Gasteiger partial charge < -0.3 is 16.0 Å². The van der Waals surface area contributed by atoms with Gasteiger partial charge >= 0.3 is 0 Å². The normalized spacial score (nSPS) is 15.4. The van der Waals surface area contributed by atoms with Gasteiger partial charge in [-0.15, -0.1) is 17.5 Å². The van der Waals surface area contributed by atoms with Crippen molar-refractivity contribution in [3.63, 3.8) is 0 Å². The van der Waals surface area contributed by atoms with Crippen LogP contribution in [0.1, 0.15) is 39.5 Å². The van der Waals surface area contributed by atoms with Crippen LogP contribution >= 0.6 is 12.4 Å². The van der Waals surface area contributed by atoms with Gasteiger partial charge in [0.1, 0.15) is 12.9 Å². The molecule has 1 saturated heterocycles. The van der Waals surface area contributed by atoms with Crippen molar-refractivity contribution >= 4 is 36.1 Å². The fraction of sp³-hybridized carbons (Fsp3) is 0.706. The summed E-state index contributed by atoms with van der Waals surface area (Å²) in [6, 6.07) is -0.667. The Kier molecular flexibility index (Phi) is 9.88. The summed E-state index contributed by atoms with van der Waals surface area (Å²) in [4.78, 5) is 41.8. The molecule has 10 nitrogen and oxygen atoms in total. The average molecular weight is 416 g/mol. The molecular weight excluding hydrogens is 386 g/mol. The monoisotopic (exact) mass is 415 g/mol. The number of hydrogen-bond acceptors (Lipinski definition) is 6. The van der Waals surface area contributed by atoms with Gasteiger partial charge in [0, 0.05) is 13.1 Å². The third-order valence-corrected chi connectivity index (χ3v) is 4.49. The first-order valence-corrected chi connectivity index (χ1v) is 9.37. The van der Waals surface area contributed by atoms with Gasteiger partial charge in [-0.05, 0) is 18.8 Å². The largest absolute Gasteiger partial charge is 0.346 e. The maximum Gasteiger partial charge on any atom is 0.248 e. The summed E-state index contributed by atoms with van der Waals surface area (Å²) >= 11 is 0. The maximum absolute atomic E-state index is 12.3. The molecule has 0 saturated carbocycles. The smallest absolute Gasteiger partial charge is 0.248 e. The number of carbonyl (C=O) groups is 3. The van der Waals surface area contributed by atoms with Crippen molar-refractivity contribution < 1.29 is 14.4 Å². The Morgan fingerprint density at radius 2 is 1.82 bits per heavy atom. The summed E-state index contributed by atoms with van der Waals surface area (Å²) in [5, 5.41) is 9.05. The first-order chi connectivity index (χ1) is 12.9. The second-order valence-electron chi connectivity index (χ2n) is 7.10. The van der Waals surface area contributed by atoms with Gasteiger partial charge in [0.15, 0.2) is 0 Å². The topological polar surface area (TPSA) is 135 Å². The number of nitrogens with two attached hydrogens (primary N) is 1. The first-order valence-electron chi connectivity index (χ1n) is 9.37. The Balaban J connectivity index is 0.00000392. The second kappa shape index (κ2) is 11.6. The van der Waals surface area contributed by atoms with E-state index in [1.54, 1.807) is 0 Å². The Morgan fingerprint density at radius 3 is 2.43 bits per heavy atom. The summed E-state index contributed by atoms with van der Waals surface area (Å²) in [7, 11) is 0. The Bertz CT molecular complexity index is 657. The number of hydrogen-bond donors (Lipinski definition) is 3. The molecule has 1 aliphatic heterocycles. The molecule has 2 rings (SSSR count). The molecule has 1 aromatic heterocycles. The lowest BCUT2D eigenvalue weighted by atomic mass is 10.1. The van der Waals surface area contributed by atoms with Gasteiger partial charge in [-0.25, -0.2) is 9.67 Å². The lowest BCUT2D eigenvalue weighted by molar-refractivity contribution is -0.132. The molecule has 28 heavy (non-hydrogen) atoms. The van der Waals surface area contributed by atoms with Crippen LogP contribution in [0.25, 0.3) is 0 Å². The van der Waals surface area contributed by atoms with Gasteiger partial charge in [0.25, 0.3) is 0 Å². The van der Waals surface area contributed by atoms with E-state index in [2.05, 4.69) is 20.7 Å². The molecule has 2 heterocycles. The fourth-order valence-corrected chi connectivity index (χ4v) is 2.74. The van der Waals surface area contributed by atoms with Crippen molar-refractivity contribution in [2.24, 2.45) is 11.7 Å². The number of anilines is 1. The molecule has 1 aliphatic rings. The summed E-state index contributed by atoms with van der Waals surface area (Å²) in [6.45, 7) is 5.07. The summed E-state index contributed by atoms with van der Waals surface area (Å²) < 4.78 is 1.40. The molecule has 1 aromatic rings. The molecule has 0 unspecified atom stereocenters. The minimum atomic E-state index is -0.667. The van der Waals surface area contributed by atoms with E-state index in [-0.39, 0.29) is 49.2 Å². The molecule has 11 heteroatoms. The molecule has 0 bridgehead atoms. The van der Waals surface area contributed by atoms with Crippen molar-refractivity contribution in [1.82, 2.24) is 25.0 Å². The zero-order chi connectivity index (χ0) is 19.8. The third kappa shape index (κ3) is 7.43. The predicted molar refractivity (Wildman–Crippen MR) is 107 cm³/mol. The van der Waals surface area contributed by atoms with E-state index in [0.717, 1.165) is 38.8 Å². The Labute approximate surface area is 171 Å². The fourth-order valence-electron chi connectivity index (χ4n) is 2.74. The zero-order valence-corrected chi connectivity index (χ0v) is 17.2. The second-order valence-corrected chi connectivity index (χ2v) is 7.10. The van der Waals surface area contributed by atoms with Crippen LogP contribution in [0.15, 0.2) is 6.33 Å². The molecule has 0 radical (unpaired) electrons. The van der Waals surface area contributed by atoms with Crippen LogP contribution in [0, 0.1) is 5.92 Å². The molecule has 0 aromatic carbocycles. The SMILES string of the molecule is CC(C)[C@H](N)C(=O)NCC(=O)Nc1ncn(CC(=O)N2CCCCCC2)n1.Cl. The molecule has 4 N–H and O–H groups in total. The van der Waals surface area contributed by atoms with E-state index in [0.29, 0.717) is 0 Å². The minimum absolute atomic E-state index is 0. The Morgan fingerprint density at radius 1 is 1.18 bits per heavy atom. The lowest BCUT2D eigenvalue weighted by Crippen LogP contribution is -2.46. The zero-order valence-electron chi connectivity index (χ0n) is 16.4. The standard InChI is InChI=1S/C17H29N7O3.ClH/c1-12(2)15(18)16(27)19-9-13(25)21-17-20-11-24(22-17)10-14(26)23-7-5-3-4-6-8-23;/h11-12,15H,3-10,18H2,1-2H3,(H,19,27)(H,21,22,25);1H/t15-;/m0./s1. The van der Waals surface area contributed by atoms with Crippen molar-refractivity contribution in [2.75, 3.05) is 25.0 Å². The van der Waals surface area contributed by atoms with Crippen molar-refractivity contribution in [2.45, 2.75) is 52.1 Å². The summed E-state index contributed by atoms with van der Waals surface area (Å²) in [5.41, 5.74) is 5.71. The van der Waals surface area contributed by atoms with E-state index >= 15 is 0 Å². The highest BCUT2D eigenvalue weighted by molar-refractivity contribution is 5.94. The van der Waals surface area contributed by atoms with E-state index in [9.17, 15) is 14.4 Å². The molecular formula is C17H30ClN7O3. The number of likely N-dealkylation sites (tertiary alicyclic amines) is 1. The van der Waals surface area contributed by atoms with Crippen molar-refractivity contribution in [3.8, 4) is 0 Å². The van der Waals surface area contributed by atoms with Crippen LogP contribution in [-0.2, 0) is 20.9 Å². The van der Waals surface area contributed by atoms with Crippen LogP contribution in [0.4, 0.5) is 5.95 Å². The molecule has 1 atom stereocenters. The maximum atomic E-state index is 12.3. The highest BCUT2D eigenvalue weighted by Crippen LogP contribution is 2.10. The predicted octanol–water partition coefficient (Wildman–Crippen LogP) is 0.140. The van der Waals surface area contributed by atoms with E-state index in [1.165, 1.54) is 11.0 Å². The van der Waals surface area contributed by atoms with E-state index < -0.39 is 11.9 Å².